The first-order valence-electron chi connectivity index (χ1n) is 8.77. The Morgan fingerprint density at radius 3 is 2.14 bits per heavy atom. The lowest BCUT2D eigenvalue weighted by atomic mass is 10.1. The van der Waals surface area contributed by atoms with Gasteiger partial charge < -0.3 is 5.73 Å². The largest absolute Gasteiger partial charge is 0.405 e. The maximum atomic E-state index is 5.65. The number of rotatable bonds is 5. The van der Waals surface area contributed by atoms with Crippen molar-refractivity contribution in [2.24, 2.45) is 5.73 Å². The molecule has 0 unspecified atom stereocenters. The molecule has 6 heteroatoms. The molecule has 28 heavy (non-hydrogen) atoms. The fraction of sp³-hybridized carbons (Fsp3) is 0.0455. The number of hydrogen-bond acceptors (Lipinski definition) is 6. The minimum absolute atomic E-state index is 0.909. The van der Waals surface area contributed by atoms with E-state index < -0.39 is 0 Å². The molecule has 4 nitrogen and oxygen atoms in total. The molecule has 2 N–H and O–H groups in total. The van der Waals surface area contributed by atoms with Crippen LogP contribution in [0.15, 0.2) is 99.1 Å². The van der Waals surface area contributed by atoms with Crippen LogP contribution in [0, 0.1) is 0 Å². The van der Waals surface area contributed by atoms with Crippen molar-refractivity contribution in [1.29, 1.82) is 0 Å². The van der Waals surface area contributed by atoms with Crippen molar-refractivity contribution in [3.05, 3.63) is 84.4 Å². The maximum Gasteiger partial charge on any atom is 0.0976 e. The average Bonchev–Trinajstić information content (AvgIpc) is 2.76. The predicted octanol–water partition coefficient (Wildman–Crippen LogP) is 5.80. The second kappa shape index (κ2) is 8.46. The van der Waals surface area contributed by atoms with Crippen LogP contribution in [-0.2, 0) is 0 Å². The summed E-state index contributed by atoms with van der Waals surface area (Å²) >= 11 is 3.41. The van der Waals surface area contributed by atoms with Crippen molar-refractivity contribution in [3.63, 3.8) is 0 Å². The monoisotopic (exact) mass is 402 g/mol. The van der Waals surface area contributed by atoms with Gasteiger partial charge in [-0.2, -0.15) is 0 Å². The number of nitrogens with two attached hydrogens (primary N) is 1. The minimum atomic E-state index is 0.909. The van der Waals surface area contributed by atoms with Gasteiger partial charge in [-0.3, -0.25) is 15.0 Å². The number of allylic oxidation sites excluding steroid dienone is 2. The van der Waals surface area contributed by atoms with Crippen LogP contribution in [0.2, 0.25) is 0 Å². The zero-order chi connectivity index (χ0) is 19.3. The topological polar surface area (TPSA) is 64.7 Å². The number of pyridine rings is 3. The van der Waals surface area contributed by atoms with Crippen molar-refractivity contribution in [1.82, 2.24) is 15.0 Å². The molecule has 0 bridgehead atoms. The second-order valence-corrected chi connectivity index (χ2v) is 8.06. The van der Waals surface area contributed by atoms with Crippen molar-refractivity contribution < 1.29 is 0 Å². The lowest BCUT2D eigenvalue weighted by Gasteiger charge is -2.16. The van der Waals surface area contributed by atoms with Gasteiger partial charge in [0, 0.05) is 55.2 Å². The van der Waals surface area contributed by atoms with Gasteiger partial charge in [-0.1, -0.05) is 41.7 Å². The summed E-state index contributed by atoms with van der Waals surface area (Å²) in [5, 5.41) is 2.17. The molecule has 0 saturated heterocycles. The van der Waals surface area contributed by atoms with E-state index in [2.05, 4.69) is 33.2 Å². The Balaban J connectivity index is 2.03. The van der Waals surface area contributed by atoms with Crippen LogP contribution in [0.5, 0.6) is 0 Å². The maximum absolute atomic E-state index is 5.65. The van der Waals surface area contributed by atoms with Gasteiger partial charge >= 0.3 is 0 Å². The number of benzene rings is 1. The Morgan fingerprint density at radius 1 is 0.893 bits per heavy atom. The van der Waals surface area contributed by atoms with E-state index >= 15 is 0 Å². The zero-order valence-corrected chi connectivity index (χ0v) is 16.9. The van der Waals surface area contributed by atoms with Crippen LogP contribution < -0.4 is 5.73 Å². The van der Waals surface area contributed by atoms with Crippen LogP contribution >= 0.6 is 23.5 Å². The Morgan fingerprint density at radius 2 is 1.54 bits per heavy atom. The van der Waals surface area contributed by atoms with Crippen molar-refractivity contribution in [3.8, 4) is 0 Å². The third-order valence-corrected chi connectivity index (χ3v) is 6.67. The molecule has 138 valence electrons. The van der Waals surface area contributed by atoms with Crippen LogP contribution in [-0.4, -0.2) is 15.0 Å². The number of fused-ring (bicyclic) bond motifs is 3. The number of thioether (sulfide) groups is 1. The van der Waals surface area contributed by atoms with Gasteiger partial charge in [-0.05, 0) is 43.5 Å². The molecule has 0 radical (unpaired) electrons. The molecule has 4 aromatic rings. The molecule has 0 atom stereocenters. The quantitative estimate of drug-likeness (QED) is 0.259. The van der Waals surface area contributed by atoms with Crippen molar-refractivity contribution >= 4 is 45.3 Å². The van der Waals surface area contributed by atoms with Gasteiger partial charge in [0.2, 0.25) is 0 Å². The molecule has 4 rings (SSSR count). The van der Waals surface area contributed by atoms with Crippen LogP contribution in [0.1, 0.15) is 6.92 Å². The molecule has 0 saturated carbocycles. The molecule has 0 aliphatic carbocycles. The summed E-state index contributed by atoms with van der Waals surface area (Å²) in [5.41, 5.74) is 7.48. The minimum Gasteiger partial charge on any atom is -0.405 e. The summed E-state index contributed by atoms with van der Waals surface area (Å²) in [7, 11) is 0. The van der Waals surface area contributed by atoms with E-state index in [0.29, 0.717) is 0 Å². The first kappa shape index (κ1) is 18.5. The highest BCUT2D eigenvalue weighted by molar-refractivity contribution is 8.05. The first-order chi connectivity index (χ1) is 13.8. The van der Waals surface area contributed by atoms with E-state index in [1.807, 2.05) is 62.1 Å². The zero-order valence-electron chi connectivity index (χ0n) is 15.2. The first-order valence-corrected chi connectivity index (χ1v) is 10.4. The van der Waals surface area contributed by atoms with Crippen LogP contribution in [0.25, 0.3) is 21.8 Å². The Hall–Kier alpha value is -2.83. The highest BCUT2D eigenvalue weighted by Crippen LogP contribution is 2.46. The van der Waals surface area contributed by atoms with Gasteiger partial charge in [-0.25, -0.2) is 0 Å². The molecule has 1 aromatic carbocycles. The fourth-order valence-electron chi connectivity index (χ4n) is 2.93. The Labute approximate surface area is 172 Å². The van der Waals surface area contributed by atoms with Crippen LogP contribution in [0.3, 0.4) is 0 Å². The highest BCUT2D eigenvalue weighted by Gasteiger charge is 2.18. The summed E-state index contributed by atoms with van der Waals surface area (Å²) < 4.78 is 0. The summed E-state index contributed by atoms with van der Waals surface area (Å²) in [5.74, 6) is 0. The standard InChI is InChI=1S/C22H18N4S2/c1-2-15(7-10-23)27-21-17-5-3-11-25-19(17)20-18(6-4-12-26-20)22(21)28-16-8-13-24-14-9-16/h2-14H,23H2,1H3/b10-7-,15-2+. The SMILES string of the molecule is C/C=C(\C=C/N)Sc1c(Sc2ccncc2)c2cccnc2c2ncccc12. The molecule has 0 spiro atoms. The smallest absolute Gasteiger partial charge is 0.0976 e. The van der Waals surface area contributed by atoms with Gasteiger partial charge in [-0.15, -0.1) is 0 Å². The Kier molecular flexibility index (Phi) is 5.60. The number of hydrogen-bond donors (Lipinski definition) is 1. The normalized spacial score (nSPS) is 12.2. The fourth-order valence-corrected chi connectivity index (χ4v) is 5.13. The molecule has 3 aromatic heterocycles. The molecule has 3 heterocycles. The van der Waals surface area contributed by atoms with Crippen molar-refractivity contribution in [2.45, 2.75) is 21.6 Å². The van der Waals surface area contributed by atoms with E-state index in [0.717, 1.165) is 41.4 Å². The van der Waals surface area contributed by atoms with Gasteiger partial charge in [0.05, 0.1) is 11.0 Å². The lowest BCUT2D eigenvalue weighted by Crippen LogP contribution is -1.92. The van der Waals surface area contributed by atoms with E-state index in [1.54, 1.807) is 29.7 Å². The molecule has 0 fully saturated rings. The van der Waals surface area contributed by atoms with Crippen LogP contribution in [0.4, 0.5) is 0 Å². The second-order valence-electron chi connectivity index (χ2n) is 5.89. The summed E-state index contributed by atoms with van der Waals surface area (Å²) in [6.07, 6.45) is 12.8. The summed E-state index contributed by atoms with van der Waals surface area (Å²) in [6, 6.07) is 12.2. The van der Waals surface area contributed by atoms with Gasteiger partial charge in [0.15, 0.2) is 0 Å². The number of aromatic nitrogens is 3. The number of nitrogens with zero attached hydrogens (tertiary/aromatic N) is 3. The third kappa shape index (κ3) is 3.61. The van der Waals surface area contributed by atoms with E-state index in [-0.39, 0.29) is 0 Å². The van der Waals surface area contributed by atoms with Gasteiger partial charge in [0.25, 0.3) is 0 Å². The van der Waals surface area contributed by atoms with E-state index in [4.69, 9.17) is 5.73 Å². The Bertz CT molecular complexity index is 1190. The highest BCUT2D eigenvalue weighted by atomic mass is 32.2. The lowest BCUT2D eigenvalue weighted by molar-refractivity contribution is 1.25. The third-order valence-electron chi connectivity index (χ3n) is 4.17. The summed E-state index contributed by atoms with van der Waals surface area (Å²) in [4.78, 5) is 17.9. The molecular formula is C22H18N4S2. The molecule has 0 aliphatic heterocycles. The van der Waals surface area contributed by atoms with E-state index in [1.165, 1.54) is 0 Å². The molecular weight excluding hydrogens is 384 g/mol. The van der Waals surface area contributed by atoms with E-state index in [9.17, 15) is 0 Å². The predicted molar refractivity (Wildman–Crippen MR) is 118 cm³/mol. The molecule has 0 aliphatic rings. The van der Waals surface area contributed by atoms with Crippen molar-refractivity contribution in [2.75, 3.05) is 0 Å². The average molecular weight is 403 g/mol. The molecule has 0 amide bonds. The van der Waals surface area contributed by atoms with Gasteiger partial charge in [0.1, 0.15) is 0 Å². The summed E-state index contributed by atoms with van der Waals surface area (Å²) in [6.45, 7) is 2.01.